The molecule has 3 aromatic heterocycles. The Hall–Kier alpha value is -12.7. The molecule has 133 heavy (non-hydrogen) atoms. The van der Waals surface area contributed by atoms with Crippen molar-refractivity contribution in [3.63, 3.8) is 0 Å². The minimum atomic E-state index is -0.842. The fraction of sp³-hybridized carbons (Fsp3) is 0.348. The van der Waals surface area contributed by atoms with Crippen molar-refractivity contribution < 1.29 is 66.5 Å². The fourth-order valence-corrected chi connectivity index (χ4v) is 20.3. The zero-order valence-corrected chi connectivity index (χ0v) is 76.3. The van der Waals surface area contributed by atoms with Gasteiger partial charge in [0.05, 0.1) is 97.4 Å². The summed E-state index contributed by atoms with van der Waals surface area (Å²) in [5.41, 5.74) is 2.69. The quantitative estimate of drug-likeness (QED) is 0.0275. The monoisotopic (exact) mass is 1790 g/mol. The summed E-state index contributed by atoms with van der Waals surface area (Å²) in [5, 5.41) is 3.48. The Kier molecular flexibility index (Phi) is 32.5. The Morgan fingerprint density at radius 3 is 0.850 bits per heavy atom. The predicted octanol–water partition coefficient (Wildman–Crippen LogP) is 19.8. The SMILES string of the molecule is CC(C)(C)OC(=O)CC[C@@]12C[C@@]3(CCC(=O)c4c(OCc5ccccc5)c(=O)ccn4CC(COCc4ccccc4)OCc4ccccc4)C[C@@](CCC(=O)c4c(OCc5ccccc5)c(=O)ccn4CC(COCc4ccccc4)OCc4ccccc4)(C1)C[C@@](CNC(=O)c1c(OCc4ccccc4)c(=O)ccn1CC(COCc1ccccc1)OCc1ccccc1)(C2)C3. The van der Waals surface area contributed by atoms with E-state index >= 15 is 14.4 Å². The third-order valence-corrected chi connectivity index (χ3v) is 25.4. The van der Waals surface area contributed by atoms with Gasteiger partial charge < -0.3 is 66.4 Å². The number of carbonyl (C=O) groups excluding carboxylic acids is 4. The number of pyridine rings is 3. The molecule has 4 fully saturated rings. The smallest absolute Gasteiger partial charge is 0.306 e. The van der Waals surface area contributed by atoms with Crippen LogP contribution in [-0.4, -0.2) is 87.4 Å². The number of hydrogen-bond donors (Lipinski definition) is 1. The molecule has 16 rings (SSSR count). The maximum absolute atomic E-state index is 16.5. The molecule has 4 saturated carbocycles. The summed E-state index contributed by atoms with van der Waals surface area (Å²) in [6.07, 6.45) is 6.70. The zero-order valence-electron chi connectivity index (χ0n) is 76.3. The minimum Gasteiger partial charge on any atom is -0.483 e. The van der Waals surface area contributed by atoms with E-state index in [4.69, 9.17) is 47.4 Å². The van der Waals surface area contributed by atoms with Crippen LogP contribution in [0.25, 0.3) is 0 Å². The number of rotatable bonds is 50. The molecule has 4 aliphatic rings. The first kappa shape index (κ1) is 94.9. The van der Waals surface area contributed by atoms with Gasteiger partial charge in [0.25, 0.3) is 5.91 Å². The topological polar surface area (TPSA) is 239 Å². The van der Waals surface area contributed by atoms with E-state index in [2.05, 4.69) is 5.32 Å². The summed E-state index contributed by atoms with van der Waals surface area (Å²) >= 11 is 0. The van der Waals surface area contributed by atoms with Gasteiger partial charge >= 0.3 is 5.97 Å². The van der Waals surface area contributed by atoms with Crippen LogP contribution in [0.1, 0.15) is 179 Å². The number of amides is 1. The summed E-state index contributed by atoms with van der Waals surface area (Å²) in [4.78, 5) is 109. The standard InChI is InChI=1S/C112H120N4O17/c1-108(2,3)133-100(122)51-57-111-77-109(55-49-95(117)101-104(130-70-89-43-25-10-26-44-89)97(119)52-58-114(101)61-92(127-67-86-37-19-7-20-38-86)73-124-64-83-31-13-4-14-32-83)76-110(78-111,56-50-96(118)102-105(131-71-90-45-27-11-28-46-90)98(120)53-59-115(102)62-93(128-68-87-39-21-8-22-40-87)74-125-65-84-33-15-5-16-34-84)80-112(79-109,81-111)82-113-107(123)103-106(132-72-91-47-29-12-30-48-91)99(121)54-60-116(103)63-94(129-69-88-41-23-9-24-42-88)75-126-66-85-35-17-6-18-36-85/h4-48,52-54,58-60,92-94H,49-51,55-57,61-82H2,1-3H3,(H,113,123)/t92?,93?,94?,109-,110+,111-,112-. The van der Waals surface area contributed by atoms with Crippen molar-refractivity contribution in [3.8, 4) is 17.2 Å². The van der Waals surface area contributed by atoms with Gasteiger partial charge in [-0.25, -0.2) is 0 Å². The van der Waals surface area contributed by atoms with Crippen LogP contribution in [0, 0.1) is 21.7 Å². The number of esters is 1. The Morgan fingerprint density at radius 1 is 0.316 bits per heavy atom. The highest BCUT2D eigenvalue weighted by Gasteiger charge is 2.67. The van der Waals surface area contributed by atoms with Crippen LogP contribution in [-0.2, 0) is 117 Å². The Morgan fingerprint density at radius 2 is 0.564 bits per heavy atom. The third kappa shape index (κ3) is 26.8. The second-order valence-electron chi connectivity index (χ2n) is 37.3. The van der Waals surface area contributed by atoms with Gasteiger partial charge in [-0.15, -0.1) is 0 Å². The summed E-state index contributed by atoms with van der Waals surface area (Å²) in [6.45, 7) is 7.58. The molecule has 0 aliphatic heterocycles. The van der Waals surface area contributed by atoms with E-state index in [0.717, 1.165) is 50.1 Å². The van der Waals surface area contributed by atoms with Crippen LogP contribution in [0.15, 0.2) is 324 Å². The first-order valence-corrected chi connectivity index (χ1v) is 46.3. The van der Waals surface area contributed by atoms with Crippen molar-refractivity contribution >= 4 is 23.4 Å². The molecule has 4 aliphatic carbocycles. The number of ketones is 2. The van der Waals surface area contributed by atoms with Crippen LogP contribution >= 0.6 is 0 Å². The van der Waals surface area contributed by atoms with Crippen molar-refractivity contribution in [2.45, 2.75) is 201 Å². The van der Waals surface area contributed by atoms with E-state index in [1.165, 1.54) is 18.2 Å². The highest BCUT2D eigenvalue weighted by atomic mass is 16.6. The van der Waals surface area contributed by atoms with Gasteiger partial charge in [-0.3, -0.25) is 33.6 Å². The number of ether oxygens (including phenoxy) is 10. The Bertz CT molecular complexity index is 5400. The average molecular weight is 1790 g/mol. The molecule has 3 unspecified atom stereocenters. The lowest BCUT2D eigenvalue weighted by atomic mass is 9.33. The van der Waals surface area contributed by atoms with Gasteiger partial charge in [0.2, 0.25) is 16.3 Å². The highest BCUT2D eigenvalue weighted by Crippen LogP contribution is 2.77. The van der Waals surface area contributed by atoms with E-state index in [0.29, 0.717) is 58.2 Å². The lowest BCUT2D eigenvalue weighted by molar-refractivity contribution is -0.208. The summed E-state index contributed by atoms with van der Waals surface area (Å²) in [5.74, 6) is -2.09. The molecule has 1 N–H and O–H groups in total. The molecule has 3 heterocycles. The van der Waals surface area contributed by atoms with Crippen LogP contribution < -0.4 is 35.8 Å². The van der Waals surface area contributed by atoms with Gasteiger partial charge in [0, 0.05) is 62.6 Å². The Labute approximate surface area is 778 Å². The first-order valence-electron chi connectivity index (χ1n) is 46.3. The number of hydrogen-bond acceptors (Lipinski definition) is 17. The molecule has 0 saturated heterocycles. The van der Waals surface area contributed by atoms with Gasteiger partial charge in [0.15, 0.2) is 34.5 Å². The summed E-state index contributed by atoms with van der Waals surface area (Å²) in [6, 6.07) is 91.5. The number of nitrogens with one attached hydrogen (secondary N) is 1. The van der Waals surface area contributed by atoms with E-state index in [-0.39, 0.29) is 176 Å². The molecule has 9 aromatic carbocycles. The number of carbonyl (C=O) groups is 4. The van der Waals surface area contributed by atoms with Gasteiger partial charge in [-0.1, -0.05) is 273 Å². The van der Waals surface area contributed by atoms with E-state index in [1.54, 1.807) is 32.3 Å². The molecule has 7 atom stereocenters. The minimum absolute atomic E-state index is 0.0226. The number of benzene rings is 9. The Balaban J connectivity index is 0.822. The van der Waals surface area contributed by atoms with E-state index in [9.17, 15) is 19.2 Å². The van der Waals surface area contributed by atoms with Gasteiger partial charge in [0.1, 0.15) is 36.8 Å². The summed E-state index contributed by atoms with van der Waals surface area (Å²) < 4.78 is 71.0. The molecule has 4 bridgehead atoms. The first-order chi connectivity index (χ1) is 64.7. The second-order valence-corrected chi connectivity index (χ2v) is 37.3. The maximum Gasteiger partial charge on any atom is 0.306 e. The molecule has 21 heteroatoms. The van der Waals surface area contributed by atoms with Crippen LogP contribution in [0.3, 0.4) is 0 Å². The lowest BCUT2D eigenvalue weighted by Crippen LogP contribution is -2.63. The van der Waals surface area contributed by atoms with Crippen LogP contribution in [0.2, 0.25) is 0 Å². The van der Waals surface area contributed by atoms with Crippen molar-refractivity contribution in [2.75, 3.05) is 26.4 Å². The molecule has 12 aromatic rings. The van der Waals surface area contributed by atoms with E-state index in [1.807, 2.05) is 294 Å². The molecule has 0 spiro atoms. The summed E-state index contributed by atoms with van der Waals surface area (Å²) in [7, 11) is 0. The molecule has 0 radical (unpaired) electrons. The van der Waals surface area contributed by atoms with Crippen molar-refractivity contribution in [1.82, 2.24) is 19.0 Å². The normalized spacial score (nSPS) is 17.9. The van der Waals surface area contributed by atoms with E-state index < -0.39 is 67.8 Å². The molecule has 21 nitrogen and oxygen atoms in total. The highest BCUT2D eigenvalue weighted by molar-refractivity contribution is 5.98. The molecule has 690 valence electrons. The maximum atomic E-state index is 16.5. The molecular formula is C112H120N4O17. The van der Waals surface area contributed by atoms with Crippen molar-refractivity contribution in [1.29, 1.82) is 0 Å². The van der Waals surface area contributed by atoms with Gasteiger partial charge in [-0.2, -0.15) is 0 Å². The van der Waals surface area contributed by atoms with Gasteiger partial charge in [-0.05, 0) is 150 Å². The second kappa shape index (κ2) is 45.6. The predicted molar refractivity (Wildman–Crippen MR) is 510 cm³/mol. The van der Waals surface area contributed by atoms with Crippen LogP contribution in [0.5, 0.6) is 17.2 Å². The number of Topliss-reactive ketones (excluding diaryl/α,β-unsaturated/α-hetero) is 2. The zero-order chi connectivity index (χ0) is 92.3. The van der Waals surface area contributed by atoms with Crippen molar-refractivity contribution in [2.24, 2.45) is 21.7 Å². The number of nitrogens with zero attached hydrogens (tertiary/aromatic N) is 3. The third-order valence-electron chi connectivity index (χ3n) is 25.4. The van der Waals surface area contributed by atoms with Crippen LogP contribution in [0.4, 0.5) is 0 Å². The molecule has 1 amide bonds. The fourth-order valence-electron chi connectivity index (χ4n) is 20.3. The largest absolute Gasteiger partial charge is 0.483 e. The lowest BCUT2D eigenvalue weighted by Gasteiger charge is -2.71. The van der Waals surface area contributed by atoms with Crippen molar-refractivity contribution in [3.05, 3.63) is 408 Å². The molecular weight excluding hydrogens is 1670 g/mol. The average Bonchev–Trinajstić information content (AvgIpc) is 0.683. The number of aromatic nitrogens is 3.